The number of nitrogens with one attached hydrogen (secondary N) is 1. The fourth-order valence-corrected chi connectivity index (χ4v) is 2.77. The molecule has 1 saturated heterocycles. The van der Waals surface area contributed by atoms with Crippen LogP contribution in [-0.4, -0.2) is 27.5 Å². The van der Waals surface area contributed by atoms with E-state index in [0.717, 1.165) is 6.54 Å². The number of nitriles is 1. The molecular weight excluding hydrogens is 208 g/mol. The summed E-state index contributed by atoms with van der Waals surface area (Å²) in [7, 11) is 0. The molecule has 0 spiro atoms. The minimum atomic E-state index is 0.375. The Kier molecular flexibility index (Phi) is 3.41. The second-order valence-corrected chi connectivity index (χ2v) is 4.79. The smallest absolute Gasteiger partial charge is 0.182 e. The van der Waals surface area contributed by atoms with Gasteiger partial charge in [-0.05, 0) is 18.6 Å². The summed E-state index contributed by atoms with van der Waals surface area (Å²) in [5.41, 5.74) is 0.375. The summed E-state index contributed by atoms with van der Waals surface area (Å²) < 4.78 is 0. The molecule has 1 aromatic rings. The van der Waals surface area contributed by atoms with Gasteiger partial charge in [-0.2, -0.15) is 17.0 Å². The second kappa shape index (κ2) is 4.99. The summed E-state index contributed by atoms with van der Waals surface area (Å²) in [5.74, 6) is 1.85. The van der Waals surface area contributed by atoms with Crippen molar-refractivity contribution in [2.75, 3.05) is 17.6 Å². The van der Waals surface area contributed by atoms with Crippen molar-refractivity contribution in [3.63, 3.8) is 0 Å². The summed E-state index contributed by atoms with van der Waals surface area (Å²) in [6, 6.07) is 2.03. The first-order valence-electron chi connectivity index (χ1n) is 4.96. The molecular formula is C10H12N4S. The molecule has 0 saturated carbocycles. The van der Waals surface area contributed by atoms with Crippen LogP contribution in [0.15, 0.2) is 12.4 Å². The first-order chi connectivity index (χ1) is 7.40. The summed E-state index contributed by atoms with van der Waals surface area (Å²) in [4.78, 5) is 8.05. The largest absolute Gasteiger partial charge is 0.367 e. The van der Waals surface area contributed by atoms with Crippen LogP contribution in [0.5, 0.6) is 0 Å². The Morgan fingerprint density at radius 1 is 1.53 bits per heavy atom. The van der Waals surface area contributed by atoms with Gasteiger partial charge < -0.3 is 5.32 Å². The van der Waals surface area contributed by atoms with E-state index in [2.05, 4.69) is 15.3 Å². The van der Waals surface area contributed by atoms with Crippen LogP contribution in [0.1, 0.15) is 18.5 Å². The summed E-state index contributed by atoms with van der Waals surface area (Å²) in [6.07, 6.45) is 5.68. The van der Waals surface area contributed by atoms with Gasteiger partial charge >= 0.3 is 0 Å². The van der Waals surface area contributed by atoms with E-state index in [4.69, 9.17) is 5.26 Å². The Balaban J connectivity index is 1.95. The average Bonchev–Trinajstić information content (AvgIpc) is 2.79. The van der Waals surface area contributed by atoms with Crippen molar-refractivity contribution in [1.82, 2.24) is 9.97 Å². The first-order valence-corrected chi connectivity index (χ1v) is 6.01. The van der Waals surface area contributed by atoms with Crippen molar-refractivity contribution in [3.05, 3.63) is 18.1 Å². The van der Waals surface area contributed by atoms with Crippen LogP contribution in [-0.2, 0) is 0 Å². The van der Waals surface area contributed by atoms with E-state index >= 15 is 0 Å². The molecule has 2 heterocycles. The molecule has 1 unspecified atom stereocenters. The fourth-order valence-electron chi connectivity index (χ4n) is 1.57. The van der Waals surface area contributed by atoms with Crippen LogP contribution in [0, 0.1) is 11.3 Å². The molecule has 0 amide bonds. The van der Waals surface area contributed by atoms with E-state index in [1.807, 2.05) is 17.8 Å². The lowest BCUT2D eigenvalue weighted by Crippen LogP contribution is -2.15. The molecule has 1 aliphatic heterocycles. The van der Waals surface area contributed by atoms with Gasteiger partial charge in [-0.3, -0.25) is 0 Å². The van der Waals surface area contributed by atoms with E-state index in [-0.39, 0.29) is 0 Å². The second-order valence-electron chi connectivity index (χ2n) is 3.38. The number of nitrogens with zero attached hydrogens (tertiary/aromatic N) is 3. The number of rotatable bonds is 3. The molecule has 1 fully saturated rings. The standard InChI is InChI=1S/C10H12N4S/c11-6-9-10(13-4-3-12-9)14-7-8-2-1-5-15-8/h3-4,8H,1-2,5,7H2,(H,13,14). The Morgan fingerprint density at radius 3 is 3.13 bits per heavy atom. The lowest BCUT2D eigenvalue weighted by atomic mass is 10.2. The average molecular weight is 220 g/mol. The quantitative estimate of drug-likeness (QED) is 0.839. The molecule has 15 heavy (non-hydrogen) atoms. The maximum Gasteiger partial charge on any atom is 0.182 e. The monoisotopic (exact) mass is 220 g/mol. The predicted molar refractivity (Wildman–Crippen MR) is 60.7 cm³/mol. The van der Waals surface area contributed by atoms with Crippen LogP contribution in [0.4, 0.5) is 5.82 Å². The van der Waals surface area contributed by atoms with Gasteiger partial charge in [0.1, 0.15) is 6.07 Å². The SMILES string of the molecule is N#Cc1nccnc1NCC1CCCS1. The highest BCUT2D eigenvalue weighted by Gasteiger charge is 2.15. The Bertz CT molecular complexity index is 368. The highest BCUT2D eigenvalue weighted by atomic mass is 32.2. The highest BCUT2D eigenvalue weighted by molar-refractivity contribution is 8.00. The van der Waals surface area contributed by atoms with E-state index < -0.39 is 0 Å². The van der Waals surface area contributed by atoms with E-state index in [1.165, 1.54) is 24.8 Å². The zero-order valence-electron chi connectivity index (χ0n) is 8.31. The van der Waals surface area contributed by atoms with Gasteiger partial charge in [0.25, 0.3) is 0 Å². The Hall–Kier alpha value is -1.28. The fraction of sp³-hybridized carbons (Fsp3) is 0.500. The third-order valence-electron chi connectivity index (χ3n) is 2.33. The third kappa shape index (κ3) is 2.60. The minimum Gasteiger partial charge on any atom is -0.367 e. The Labute approximate surface area is 93.1 Å². The van der Waals surface area contributed by atoms with E-state index in [9.17, 15) is 0 Å². The molecule has 1 aliphatic rings. The van der Waals surface area contributed by atoms with Gasteiger partial charge in [-0.15, -0.1) is 0 Å². The van der Waals surface area contributed by atoms with Gasteiger partial charge in [0, 0.05) is 24.2 Å². The van der Waals surface area contributed by atoms with Crippen molar-refractivity contribution in [1.29, 1.82) is 5.26 Å². The highest BCUT2D eigenvalue weighted by Crippen LogP contribution is 2.26. The lowest BCUT2D eigenvalue weighted by Gasteiger charge is -2.10. The molecule has 1 N–H and O–H groups in total. The van der Waals surface area contributed by atoms with Gasteiger partial charge in [-0.1, -0.05) is 0 Å². The molecule has 0 radical (unpaired) electrons. The maximum atomic E-state index is 8.81. The van der Waals surface area contributed by atoms with E-state index in [1.54, 1.807) is 6.20 Å². The van der Waals surface area contributed by atoms with Crippen molar-refractivity contribution in [2.24, 2.45) is 0 Å². The summed E-state index contributed by atoms with van der Waals surface area (Å²) >= 11 is 1.98. The van der Waals surface area contributed by atoms with Crippen LogP contribution in [0.3, 0.4) is 0 Å². The molecule has 78 valence electrons. The maximum absolute atomic E-state index is 8.81. The molecule has 5 heteroatoms. The van der Waals surface area contributed by atoms with Gasteiger partial charge in [0.15, 0.2) is 11.5 Å². The van der Waals surface area contributed by atoms with Crippen molar-refractivity contribution in [2.45, 2.75) is 18.1 Å². The predicted octanol–water partition coefficient (Wildman–Crippen LogP) is 1.66. The van der Waals surface area contributed by atoms with E-state index in [0.29, 0.717) is 16.8 Å². The van der Waals surface area contributed by atoms with Crippen molar-refractivity contribution < 1.29 is 0 Å². The number of hydrogen-bond acceptors (Lipinski definition) is 5. The number of hydrogen-bond donors (Lipinski definition) is 1. The number of thioether (sulfide) groups is 1. The summed E-state index contributed by atoms with van der Waals surface area (Å²) in [5, 5.41) is 12.7. The van der Waals surface area contributed by atoms with Gasteiger partial charge in [0.2, 0.25) is 0 Å². The summed E-state index contributed by atoms with van der Waals surface area (Å²) in [6.45, 7) is 0.873. The number of anilines is 1. The van der Waals surface area contributed by atoms with Crippen molar-refractivity contribution in [3.8, 4) is 6.07 Å². The van der Waals surface area contributed by atoms with Crippen LogP contribution in [0.25, 0.3) is 0 Å². The molecule has 0 aromatic carbocycles. The molecule has 2 rings (SSSR count). The van der Waals surface area contributed by atoms with Crippen LogP contribution in [0.2, 0.25) is 0 Å². The number of aromatic nitrogens is 2. The first kappa shape index (κ1) is 10.2. The molecule has 1 atom stereocenters. The molecule has 4 nitrogen and oxygen atoms in total. The lowest BCUT2D eigenvalue weighted by molar-refractivity contribution is 0.802. The minimum absolute atomic E-state index is 0.375. The topological polar surface area (TPSA) is 61.6 Å². The molecule has 0 bridgehead atoms. The Morgan fingerprint density at radius 2 is 2.40 bits per heavy atom. The van der Waals surface area contributed by atoms with Crippen LogP contribution < -0.4 is 5.32 Å². The van der Waals surface area contributed by atoms with Crippen molar-refractivity contribution >= 4 is 17.6 Å². The van der Waals surface area contributed by atoms with Gasteiger partial charge in [0.05, 0.1) is 0 Å². The van der Waals surface area contributed by atoms with Crippen LogP contribution >= 0.6 is 11.8 Å². The zero-order chi connectivity index (χ0) is 10.5. The molecule has 0 aliphatic carbocycles. The normalized spacial score (nSPS) is 19.8. The third-order valence-corrected chi connectivity index (χ3v) is 3.72. The molecule has 1 aromatic heterocycles. The zero-order valence-corrected chi connectivity index (χ0v) is 9.13. The van der Waals surface area contributed by atoms with Gasteiger partial charge in [-0.25, -0.2) is 9.97 Å².